The Kier molecular flexibility index (Phi) is 4.59. The molecule has 0 amide bonds. The van der Waals surface area contributed by atoms with Gasteiger partial charge in [-0.25, -0.2) is 0 Å². The van der Waals surface area contributed by atoms with Crippen LogP contribution in [0.3, 0.4) is 0 Å². The van der Waals surface area contributed by atoms with Gasteiger partial charge >= 0.3 is 0 Å². The fraction of sp³-hybridized carbons (Fsp3) is 0.444. The summed E-state index contributed by atoms with van der Waals surface area (Å²) in [6, 6.07) is 3.63. The molecule has 1 aromatic rings. The summed E-state index contributed by atoms with van der Waals surface area (Å²) in [6.07, 6.45) is 3.85. The Hall–Kier alpha value is -0.220. The second-order valence-electron chi connectivity index (χ2n) is 2.79. The summed E-state index contributed by atoms with van der Waals surface area (Å²) in [6.45, 7) is 0.777. The zero-order valence-electron chi connectivity index (χ0n) is 7.24. The number of thiol groups is 1. The van der Waals surface area contributed by atoms with Crippen LogP contribution in [0.1, 0.15) is 12.8 Å². The van der Waals surface area contributed by atoms with Gasteiger partial charge < -0.3 is 4.57 Å². The molecule has 0 aliphatic carbocycles. The number of pyridine rings is 1. The lowest BCUT2D eigenvalue weighted by Crippen LogP contribution is -2.19. The minimum Gasteiger partial charge on any atom is -0.315 e. The first-order valence-electron chi connectivity index (χ1n) is 4.21. The monoisotopic (exact) mass is 261 g/mol. The molecule has 0 unspecified atom stereocenters. The van der Waals surface area contributed by atoms with Gasteiger partial charge in [0.2, 0.25) is 0 Å². The third-order valence-electron chi connectivity index (χ3n) is 1.78. The fourth-order valence-corrected chi connectivity index (χ4v) is 1.68. The van der Waals surface area contributed by atoms with Crippen LogP contribution in [0.5, 0.6) is 0 Å². The van der Waals surface area contributed by atoms with Crippen LogP contribution in [-0.2, 0) is 6.54 Å². The van der Waals surface area contributed by atoms with Crippen molar-refractivity contribution >= 4 is 28.6 Å². The molecule has 4 heteroatoms. The van der Waals surface area contributed by atoms with E-state index in [0.717, 1.165) is 25.1 Å². The zero-order valence-corrected chi connectivity index (χ0v) is 9.72. The molecule has 0 aliphatic heterocycles. The van der Waals surface area contributed by atoms with Crippen molar-refractivity contribution in [1.29, 1.82) is 0 Å². The van der Waals surface area contributed by atoms with E-state index in [-0.39, 0.29) is 5.56 Å². The van der Waals surface area contributed by atoms with Crippen LogP contribution in [0, 0.1) is 0 Å². The van der Waals surface area contributed by atoms with Crippen molar-refractivity contribution in [3.05, 3.63) is 33.2 Å². The van der Waals surface area contributed by atoms with Crippen LogP contribution < -0.4 is 5.56 Å². The van der Waals surface area contributed by atoms with E-state index in [2.05, 4.69) is 28.6 Å². The molecule has 0 N–H and O–H groups in total. The molecule has 72 valence electrons. The highest BCUT2D eigenvalue weighted by Gasteiger charge is 1.98. The molecule has 0 aliphatic rings. The number of hydrogen-bond acceptors (Lipinski definition) is 2. The number of halogens is 1. The Morgan fingerprint density at radius 2 is 2.23 bits per heavy atom. The third kappa shape index (κ3) is 3.19. The summed E-state index contributed by atoms with van der Waals surface area (Å²) in [5.41, 5.74) is 0.0432. The Morgan fingerprint density at radius 3 is 2.92 bits per heavy atom. The van der Waals surface area contributed by atoms with Gasteiger partial charge in [0.1, 0.15) is 0 Å². The highest BCUT2D eigenvalue weighted by atomic mass is 79.9. The first-order valence-corrected chi connectivity index (χ1v) is 5.64. The molecule has 0 saturated carbocycles. The van der Waals surface area contributed by atoms with E-state index >= 15 is 0 Å². The molecule has 0 spiro atoms. The number of nitrogens with zero attached hydrogens (tertiary/aromatic N) is 1. The largest absolute Gasteiger partial charge is 0.315 e. The lowest BCUT2D eigenvalue weighted by atomic mass is 10.3. The Balaban J connectivity index is 2.67. The van der Waals surface area contributed by atoms with Crippen molar-refractivity contribution in [3.63, 3.8) is 0 Å². The molecule has 1 rings (SSSR count). The zero-order chi connectivity index (χ0) is 9.68. The van der Waals surface area contributed by atoms with E-state index < -0.39 is 0 Å². The number of rotatable bonds is 4. The molecular formula is C9H12BrNOS. The van der Waals surface area contributed by atoms with Gasteiger partial charge in [0.15, 0.2) is 0 Å². The van der Waals surface area contributed by atoms with Crippen LogP contribution in [0.25, 0.3) is 0 Å². The molecule has 0 radical (unpaired) electrons. The number of aromatic nitrogens is 1. The second kappa shape index (κ2) is 5.50. The van der Waals surface area contributed by atoms with E-state index in [4.69, 9.17) is 0 Å². The maximum Gasteiger partial charge on any atom is 0.264 e. The van der Waals surface area contributed by atoms with Gasteiger partial charge in [-0.2, -0.15) is 12.6 Å². The lowest BCUT2D eigenvalue weighted by Gasteiger charge is -2.04. The highest BCUT2D eigenvalue weighted by Crippen LogP contribution is 2.02. The number of unbranched alkanes of at least 4 members (excludes halogenated alkanes) is 1. The van der Waals surface area contributed by atoms with E-state index in [0.29, 0.717) is 4.47 Å². The number of hydrogen-bond donors (Lipinski definition) is 1. The molecule has 0 bridgehead atoms. The van der Waals surface area contributed by atoms with E-state index in [1.165, 1.54) is 0 Å². The fourth-order valence-electron chi connectivity index (χ4n) is 1.08. The Labute approximate surface area is 91.5 Å². The first-order chi connectivity index (χ1) is 6.25. The van der Waals surface area contributed by atoms with Crippen LogP contribution in [0.2, 0.25) is 0 Å². The maximum absolute atomic E-state index is 11.5. The summed E-state index contributed by atoms with van der Waals surface area (Å²) < 4.78 is 2.34. The standard InChI is InChI=1S/C9H12BrNOS/c10-8-4-3-6-11(9(8)12)5-1-2-7-13/h3-4,6,13H,1-2,5,7H2. The van der Waals surface area contributed by atoms with Crippen molar-refractivity contribution in [2.45, 2.75) is 19.4 Å². The molecule has 1 aromatic heterocycles. The van der Waals surface area contributed by atoms with E-state index in [9.17, 15) is 4.79 Å². The highest BCUT2D eigenvalue weighted by molar-refractivity contribution is 9.10. The molecule has 13 heavy (non-hydrogen) atoms. The van der Waals surface area contributed by atoms with Gasteiger partial charge in [0.25, 0.3) is 5.56 Å². The van der Waals surface area contributed by atoms with Gasteiger partial charge in [0.05, 0.1) is 4.47 Å². The lowest BCUT2D eigenvalue weighted by molar-refractivity contribution is 0.614. The molecule has 0 fully saturated rings. The predicted octanol–water partition coefficient (Wildman–Crippen LogP) is 2.32. The van der Waals surface area contributed by atoms with Gasteiger partial charge in [-0.15, -0.1) is 0 Å². The van der Waals surface area contributed by atoms with Gasteiger partial charge in [-0.3, -0.25) is 4.79 Å². The first kappa shape index (κ1) is 10.9. The SMILES string of the molecule is O=c1c(Br)cccn1CCCCS. The smallest absolute Gasteiger partial charge is 0.264 e. The van der Waals surface area contributed by atoms with Crippen LogP contribution >= 0.6 is 28.6 Å². The van der Waals surface area contributed by atoms with E-state index in [1.54, 1.807) is 10.6 Å². The van der Waals surface area contributed by atoms with Crippen molar-refractivity contribution in [3.8, 4) is 0 Å². The summed E-state index contributed by atoms with van der Waals surface area (Å²) in [5.74, 6) is 0.878. The maximum atomic E-state index is 11.5. The Morgan fingerprint density at radius 1 is 1.46 bits per heavy atom. The molecule has 2 nitrogen and oxygen atoms in total. The molecule has 0 saturated heterocycles. The quantitative estimate of drug-likeness (QED) is 0.652. The molecule has 0 atom stereocenters. The van der Waals surface area contributed by atoms with Crippen LogP contribution in [0.4, 0.5) is 0 Å². The van der Waals surface area contributed by atoms with Crippen LogP contribution in [0.15, 0.2) is 27.6 Å². The van der Waals surface area contributed by atoms with Crippen molar-refractivity contribution in [1.82, 2.24) is 4.57 Å². The van der Waals surface area contributed by atoms with Gasteiger partial charge in [-0.1, -0.05) is 0 Å². The minimum absolute atomic E-state index is 0.0432. The number of aryl methyl sites for hydroxylation is 1. The Bertz CT molecular complexity index is 324. The van der Waals surface area contributed by atoms with Crippen molar-refractivity contribution in [2.75, 3.05) is 5.75 Å². The van der Waals surface area contributed by atoms with Gasteiger partial charge in [0, 0.05) is 12.7 Å². The summed E-state index contributed by atoms with van der Waals surface area (Å²) in [5, 5.41) is 0. The van der Waals surface area contributed by atoms with Crippen LogP contribution in [-0.4, -0.2) is 10.3 Å². The average Bonchev–Trinajstić information content (AvgIpc) is 2.13. The second-order valence-corrected chi connectivity index (χ2v) is 4.09. The normalized spacial score (nSPS) is 10.3. The van der Waals surface area contributed by atoms with Crippen molar-refractivity contribution in [2.24, 2.45) is 0 Å². The molecular weight excluding hydrogens is 250 g/mol. The average molecular weight is 262 g/mol. The third-order valence-corrected chi connectivity index (χ3v) is 2.70. The summed E-state index contributed by atoms with van der Waals surface area (Å²) in [4.78, 5) is 11.5. The van der Waals surface area contributed by atoms with E-state index in [1.807, 2.05) is 12.3 Å². The summed E-state index contributed by atoms with van der Waals surface area (Å²) in [7, 11) is 0. The summed E-state index contributed by atoms with van der Waals surface area (Å²) >= 11 is 7.32. The van der Waals surface area contributed by atoms with Crippen molar-refractivity contribution < 1.29 is 0 Å². The minimum atomic E-state index is 0.0432. The topological polar surface area (TPSA) is 22.0 Å². The molecule has 1 heterocycles. The van der Waals surface area contributed by atoms with Gasteiger partial charge in [-0.05, 0) is 46.7 Å². The molecule has 0 aromatic carbocycles. The predicted molar refractivity (Wildman–Crippen MR) is 61.5 cm³/mol.